The summed E-state index contributed by atoms with van der Waals surface area (Å²) in [6.07, 6.45) is 6.29. The van der Waals surface area contributed by atoms with Crippen molar-refractivity contribution < 1.29 is 14.6 Å². The third-order valence-electron chi connectivity index (χ3n) is 2.47. The van der Waals surface area contributed by atoms with Gasteiger partial charge in [0.25, 0.3) is 0 Å². The average Bonchev–Trinajstić information content (AvgIpc) is 2.29. The Hall–Kier alpha value is -0.870. The van der Waals surface area contributed by atoms with Crippen LogP contribution in [0.1, 0.15) is 33.1 Å². The van der Waals surface area contributed by atoms with E-state index in [2.05, 4.69) is 12.2 Å². The standard InChI is InChI=1S/C13H25NO3/c1-3-6-12(8-10-15)11-14-9-5-7-13(16)17-4-2/h5,7,12,14-15H,3-4,6,8-11H2,1-2H3/b7-5+. The van der Waals surface area contributed by atoms with Gasteiger partial charge in [-0.3, -0.25) is 0 Å². The molecule has 0 amide bonds. The Kier molecular flexibility index (Phi) is 11.0. The summed E-state index contributed by atoms with van der Waals surface area (Å²) in [5.41, 5.74) is 0. The van der Waals surface area contributed by atoms with Gasteiger partial charge in [-0.05, 0) is 32.2 Å². The monoisotopic (exact) mass is 243 g/mol. The van der Waals surface area contributed by atoms with Crippen LogP contribution in [-0.4, -0.2) is 37.4 Å². The van der Waals surface area contributed by atoms with Crippen LogP contribution in [0.15, 0.2) is 12.2 Å². The molecule has 17 heavy (non-hydrogen) atoms. The van der Waals surface area contributed by atoms with E-state index in [1.54, 1.807) is 13.0 Å². The summed E-state index contributed by atoms with van der Waals surface area (Å²) in [6.45, 7) is 6.11. The summed E-state index contributed by atoms with van der Waals surface area (Å²) < 4.78 is 4.76. The molecule has 0 spiro atoms. The fourth-order valence-corrected chi connectivity index (χ4v) is 1.66. The topological polar surface area (TPSA) is 58.6 Å². The van der Waals surface area contributed by atoms with E-state index in [1.807, 2.05) is 0 Å². The molecule has 0 aliphatic carbocycles. The fraction of sp³-hybridized carbons (Fsp3) is 0.769. The highest BCUT2D eigenvalue weighted by Crippen LogP contribution is 2.08. The van der Waals surface area contributed by atoms with Crippen LogP contribution < -0.4 is 5.32 Å². The maximum Gasteiger partial charge on any atom is 0.330 e. The molecule has 0 aliphatic rings. The molecule has 0 aromatic rings. The minimum atomic E-state index is -0.297. The quantitative estimate of drug-likeness (QED) is 0.347. The fourth-order valence-electron chi connectivity index (χ4n) is 1.66. The lowest BCUT2D eigenvalue weighted by Crippen LogP contribution is -2.23. The van der Waals surface area contributed by atoms with Gasteiger partial charge in [-0.1, -0.05) is 19.4 Å². The van der Waals surface area contributed by atoms with Gasteiger partial charge >= 0.3 is 5.97 Å². The van der Waals surface area contributed by atoms with Crippen molar-refractivity contribution >= 4 is 5.97 Å². The lowest BCUT2D eigenvalue weighted by atomic mass is 10.0. The van der Waals surface area contributed by atoms with Gasteiger partial charge in [0, 0.05) is 19.2 Å². The maximum absolute atomic E-state index is 11.0. The van der Waals surface area contributed by atoms with Gasteiger partial charge in [0.1, 0.15) is 0 Å². The van der Waals surface area contributed by atoms with Crippen LogP contribution in [0.2, 0.25) is 0 Å². The van der Waals surface area contributed by atoms with Crippen molar-refractivity contribution in [1.29, 1.82) is 0 Å². The van der Waals surface area contributed by atoms with Crippen LogP contribution in [0, 0.1) is 5.92 Å². The first-order valence-electron chi connectivity index (χ1n) is 6.39. The van der Waals surface area contributed by atoms with E-state index in [4.69, 9.17) is 9.84 Å². The molecule has 0 aromatic heterocycles. The summed E-state index contributed by atoms with van der Waals surface area (Å²) in [5.74, 6) is 0.218. The Morgan fingerprint density at radius 2 is 2.18 bits per heavy atom. The largest absolute Gasteiger partial charge is 0.463 e. The molecule has 0 rings (SSSR count). The van der Waals surface area contributed by atoms with Gasteiger partial charge in [0.15, 0.2) is 0 Å². The van der Waals surface area contributed by atoms with Crippen LogP contribution in [0.4, 0.5) is 0 Å². The molecule has 2 N–H and O–H groups in total. The van der Waals surface area contributed by atoms with Gasteiger partial charge in [0.2, 0.25) is 0 Å². The van der Waals surface area contributed by atoms with E-state index in [0.717, 1.165) is 25.8 Å². The van der Waals surface area contributed by atoms with Crippen LogP contribution in [0.5, 0.6) is 0 Å². The third kappa shape index (κ3) is 10.0. The van der Waals surface area contributed by atoms with Crippen molar-refractivity contribution in [3.63, 3.8) is 0 Å². The Labute approximate surface area is 104 Å². The Bertz CT molecular complexity index is 211. The molecular formula is C13H25NO3. The average molecular weight is 243 g/mol. The van der Waals surface area contributed by atoms with E-state index >= 15 is 0 Å². The predicted octanol–water partition coefficient (Wildman–Crippen LogP) is 1.49. The Morgan fingerprint density at radius 3 is 2.76 bits per heavy atom. The number of ether oxygens (including phenoxy) is 1. The first-order valence-corrected chi connectivity index (χ1v) is 6.39. The van der Waals surface area contributed by atoms with Crippen molar-refractivity contribution in [1.82, 2.24) is 5.32 Å². The number of aliphatic hydroxyl groups excluding tert-OH is 1. The summed E-state index contributed by atoms with van der Waals surface area (Å²) >= 11 is 0. The van der Waals surface area contributed by atoms with Crippen molar-refractivity contribution in [2.24, 2.45) is 5.92 Å². The van der Waals surface area contributed by atoms with E-state index < -0.39 is 0 Å². The molecule has 100 valence electrons. The molecule has 0 saturated carbocycles. The number of hydrogen-bond acceptors (Lipinski definition) is 4. The molecule has 1 atom stereocenters. The SMILES string of the molecule is CCCC(CCO)CNC/C=C/C(=O)OCC. The van der Waals surface area contributed by atoms with Crippen LogP contribution in [0.25, 0.3) is 0 Å². The number of hydrogen-bond donors (Lipinski definition) is 2. The third-order valence-corrected chi connectivity index (χ3v) is 2.47. The van der Waals surface area contributed by atoms with Crippen molar-refractivity contribution in [2.75, 3.05) is 26.3 Å². The lowest BCUT2D eigenvalue weighted by Gasteiger charge is -2.14. The molecule has 4 nitrogen and oxygen atoms in total. The molecule has 0 bridgehead atoms. The maximum atomic E-state index is 11.0. The number of nitrogens with one attached hydrogen (secondary N) is 1. The van der Waals surface area contributed by atoms with Gasteiger partial charge in [0.05, 0.1) is 6.61 Å². The molecule has 4 heteroatoms. The lowest BCUT2D eigenvalue weighted by molar-refractivity contribution is -0.137. The molecule has 0 radical (unpaired) electrons. The number of aliphatic hydroxyl groups is 1. The van der Waals surface area contributed by atoms with Gasteiger partial charge < -0.3 is 15.2 Å². The number of carbonyl (C=O) groups is 1. The molecule has 1 unspecified atom stereocenters. The highest BCUT2D eigenvalue weighted by Gasteiger charge is 2.05. The zero-order chi connectivity index (χ0) is 12.9. The van der Waals surface area contributed by atoms with E-state index in [9.17, 15) is 4.79 Å². The molecule has 0 aromatic carbocycles. The Balaban J connectivity index is 3.62. The molecular weight excluding hydrogens is 218 g/mol. The van der Waals surface area contributed by atoms with Crippen molar-refractivity contribution in [3.8, 4) is 0 Å². The minimum absolute atomic E-state index is 0.241. The highest BCUT2D eigenvalue weighted by molar-refractivity contribution is 5.81. The van der Waals surface area contributed by atoms with Gasteiger partial charge in [-0.25, -0.2) is 4.79 Å². The zero-order valence-electron chi connectivity index (χ0n) is 10.9. The molecule has 0 saturated heterocycles. The van der Waals surface area contributed by atoms with Crippen molar-refractivity contribution in [3.05, 3.63) is 12.2 Å². The number of carbonyl (C=O) groups excluding carboxylic acids is 1. The van der Waals surface area contributed by atoms with E-state index in [-0.39, 0.29) is 12.6 Å². The summed E-state index contributed by atoms with van der Waals surface area (Å²) in [6, 6.07) is 0. The predicted molar refractivity (Wildman–Crippen MR) is 68.7 cm³/mol. The van der Waals surface area contributed by atoms with Crippen molar-refractivity contribution in [2.45, 2.75) is 33.1 Å². The minimum Gasteiger partial charge on any atom is -0.463 e. The zero-order valence-corrected chi connectivity index (χ0v) is 10.9. The van der Waals surface area contributed by atoms with Crippen LogP contribution in [0.3, 0.4) is 0 Å². The van der Waals surface area contributed by atoms with Gasteiger partial charge in [-0.15, -0.1) is 0 Å². The van der Waals surface area contributed by atoms with E-state index in [1.165, 1.54) is 6.08 Å². The molecule has 0 heterocycles. The first-order chi connectivity index (χ1) is 8.24. The number of rotatable bonds is 10. The Morgan fingerprint density at radius 1 is 1.41 bits per heavy atom. The first kappa shape index (κ1) is 16.1. The number of esters is 1. The van der Waals surface area contributed by atoms with Crippen LogP contribution >= 0.6 is 0 Å². The smallest absolute Gasteiger partial charge is 0.330 e. The normalized spacial score (nSPS) is 12.9. The second-order valence-electron chi connectivity index (χ2n) is 3.98. The van der Waals surface area contributed by atoms with E-state index in [0.29, 0.717) is 19.1 Å². The highest BCUT2D eigenvalue weighted by atomic mass is 16.5. The van der Waals surface area contributed by atoms with Crippen LogP contribution in [-0.2, 0) is 9.53 Å². The van der Waals surface area contributed by atoms with Gasteiger partial charge in [-0.2, -0.15) is 0 Å². The second kappa shape index (κ2) is 11.6. The summed E-state index contributed by atoms with van der Waals surface area (Å²) in [5, 5.41) is 12.1. The summed E-state index contributed by atoms with van der Waals surface area (Å²) in [7, 11) is 0. The molecule has 0 fully saturated rings. The summed E-state index contributed by atoms with van der Waals surface area (Å²) in [4.78, 5) is 11.0. The second-order valence-corrected chi connectivity index (χ2v) is 3.98. The molecule has 0 aliphatic heterocycles.